The highest BCUT2D eigenvalue weighted by molar-refractivity contribution is 5.81. The van der Waals surface area contributed by atoms with Gasteiger partial charge in [0.15, 0.2) is 0 Å². The Kier molecular flexibility index (Phi) is 8.11. The van der Waals surface area contributed by atoms with Gasteiger partial charge in [-0.1, -0.05) is 19.9 Å². The number of rotatable bonds is 9. The van der Waals surface area contributed by atoms with Crippen LogP contribution in [0.4, 0.5) is 8.78 Å². The third-order valence-corrected chi connectivity index (χ3v) is 5.55. The molecule has 0 bridgehead atoms. The predicted octanol–water partition coefficient (Wildman–Crippen LogP) is 4.42. The molecule has 2 atom stereocenters. The summed E-state index contributed by atoms with van der Waals surface area (Å²) in [6, 6.07) is 6.07. The van der Waals surface area contributed by atoms with Crippen molar-refractivity contribution in [2.24, 2.45) is 5.92 Å². The number of hydrogen-bond acceptors (Lipinski definition) is 4. The van der Waals surface area contributed by atoms with Gasteiger partial charge in [-0.3, -0.25) is 19.4 Å². The van der Waals surface area contributed by atoms with Crippen LogP contribution in [0.15, 0.2) is 59.8 Å². The molecule has 0 fully saturated rings. The molecular formula is C26H27F2N3O4. The molecule has 0 unspecified atom stereocenters. The second kappa shape index (κ2) is 11.0. The summed E-state index contributed by atoms with van der Waals surface area (Å²) < 4.78 is 29.9. The molecular weight excluding hydrogens is 456 g/mol. The van der Waals surface area contributed by atoms with Gasteiger partial charge in [0.1, 0.15) is 17.7 Å². The van der Waals surface area contributed by atoms with Crippen molar-refractivity contribution in [3.05, 3.63) is 88.1 Å². The molecule has 0 saturated carbocycles. The molecule has 184 valence electrons. The van der Waals surface area contributed by atoms with Gasteiger partial charge in [0.2, 0.25) is 5.91 Å². The van der Waals surface area contributed by atoms with Gasteiger partial charge in [0.25, 0.3) is 5.56 Å². The van der Waals surface area contributed by atoms with Gasteiger partial charge in [-0.05, 0) is 54.7 Å². The molecule has 0 aliphatic heterocycles. The number of pyridine rings is 2. The van der Waals surface area contributed by atoms with Crippen LogP contribution in [0, 0.1) is 24.5 Å². The van der Waals surface area contributed by atoms with E-state index in [-0.39, 0.29) is 28.2 Å². The number of carbonyl (C=O) groups excluding carboxylic acids is 1. The van der Waals surface area contributed by atoms with Gasteiger partial charge >= 0.3 is 5.97 Å². The van der Waals surface area contributed by atoms with Gasteiger partial charge in [-0.25, -0.2) is 8.78 Å². The lowest BCUT2D eigenvalue weighted by Gasteiger charge is -2.25. The first-order valence-electron chi connectivity index (χ1n) is 11.2. The number of halogens is 2. The van der Waals surface area contributed by atoms with Crippen LogP contribution in [-0.4, -0.2) is 26.5 Å². The number of carbonyl (C=O) groups is 2. The number of hydrogen-bond donors (Lipinski definition) is 2. The standard InChI is InChI=1S/C26H27F2N3O4/c1-15(2)9-22(31-8-7-16(3)10-23(31)32)26(35)30-21(12-24(33)34)17-11-18(14-29-13-17)25-19(27)5-4-6-20(25)28/h4-8,10-11,13-15,21-22H,9,12H2,1-3H3,(H,30,35)(H,33,34)/t21-,22+/m0/s1. The minimum Gasteiger partial charge on any atom is -0.481 e. The number of aliphatic carboxylic acids is 1. The molecule has 7 nitrogen and oxygen atoms in total. The lowest BCUT2D eigenvalue weighted by molar-refractivity contribution is -0.138. The summed E-state index contributed by atoms with van der Waals surface area (Å²) in [5.41, 5.74) is 0.476. The molecule has 0 saturated heterocycles. The van der Waals surface area contributed by atoms with E-state index in [2.05, 4.69) is 10.3 Å². The van der Waals surface area contributed by atoms with E-state index >= 15 is 0 Å². The summed E-state index contributed by atoms with van der Waals surface area (Å²) in [6.07, 6.45) is 3.99. The maximum atomic E-state index is 14.3. The first-order valence-corrected chi connectivity index (χ1v) is 11.2. The molecule has 2 N–H and O–H groups in total. The van der Waals surface area contributed by atoms with Crippen molar-refractivity contribution in [3.8, 4) is 11.1 Å². The smallest absolute Gasteiger partial charge is 0.305 e. The fraction of sp³-hybridized carbons (Fsp3) is 0.308. The van der Waals surface area contributed by atoms with Crippen molar-refractivity contribution in [1.29, 1.82) is 0 Å². The highest BCUT2D eigenvalue weighted by atomic mass is 19.1. The SMILES string of the molecule is Cc1ccn([C@H](CC(C)C)C(=O)N[C@@H](CC(=O)O)c2cncc(-c3c(F)cccc3F)c2)c(=O)c1. The van der Waals surface area contributed by atoms with E-state index in [0.717, 1.165) is 17.7 Å². The Labute approximate surface area is 201 Å². The van der Waals surface area contributed by atoms with Crippen molar-refractivity contribution in [2.45, 2.75) is 45.7 Å². The number of carboxylic acids is 1. The fourth-order valence-corrected chi connectivity index (χ4v) is 3.89. The zero-order chi connectivity index (χ0) is 25.7. The zero-order valence-electron chi connectivity index (χ0n) is 19.7. The van der Waals surface area contributed by atoms with Crippen molar-refractivity contribution in [1.82, 2.24) is 14.9 Å². The number of amides is 1. The highest BCUT2D eigenvalue weighted by Crippen LogP contribution is 2.29. The van der Waals surface area contributed by atoms with Crippen molar-refractivity contribution in [3.63, 3.8) is 0 Å². The maximum Gasteiger partial charge on any atom is 0.305 e. The van der Waals surface area contributed by atoms with Crippen LogP contribution in [0.2, 0.25) is 0 Å². The number of carboxylic acid groups (broad SMARTS) is 1. The zero-order valence-corrected chi connectivity index (χ0v) is 19.7. The Balaban J connectivity index is 1.98. The van der Waals surface area contributed by atoms with Crippen LogP contribution in [-0.2, 0) is 9.59 Å². The van der Waals surface area contributed by atoms with Gasteiger partial charge in [-0.15, -0.1) is 0 Å². The fourth-order valence-electron chi connectivity index (χ4n) is 3.89. The van der Waals surface area contributed by atoms with E-state index in [9.17, 15) is 28.3 Å². The molecule has 2 aromatic heterocycles. The van der Waals surface area contributed by atoms with E-state index in [0.29, 0.717) is 6.42 Å². The van der Waals surface area contributed by atoms with Gasteiger partial charge < -0.3 is 15.0 Å². The molecule has 1 amide bonds. The Morgan fingerprint density at radius 1 is 1.11 bits per heavy atom. The van der Waals surface area contributed by atoms with Crippen molar-refractivity contribution in [2.75, 3.05) is 0 Å². The van der Waals surface area contributed by atoms with Crippen LogP contribution >= 0.6 is 0 Å². The molecule has 35 heavy (non-hydrogen) atoms. The summed E-state index contributed by atoms with van der Waals surface area (Å²) in [6.45, 7) is 5.58. The van der Waals surface area contributed by atoms with Crippen LogP contribution < -0.4 is 10.9 Å². The minimum atomic E-state index is -1.19. The normalized spacial score (nSPS) is 12.9. The molecule has 0 aliphatic rings. The molecule has 0 spiro atoms. The second-order valence-electron chi connectivity index (χ2n) is 8.86. The highest BCUT2D eigenvalue weighted by Gasteiger charge is 2.27. The average Bonchev–Trinajstić information content (AvgIpc) is 2.77. The van der Waals surface area contributed by atoms with E-state index in [1.165, 1.54) is 35.2 Å². The number of nitrogens with one attached hydrogen (secondary N) is 1. The van der Waals surface area contributed by atoms with Gasteiger partial charge in [-0.2, -0.15) is 0 Å². The summed E-state index contributed by atoms with van der Waals surface area (Å²) >= 11 is 0. The van der Waals surface area contributed by atoms with Crippen molar-refractivity contribution < 1.29 is 23.5 Å². The monoisotopic (exact) mass is 483 g/mol. The molecule has 3 rings (SSSR count). The van der Waals surface area contributed by atoms with E-state index < -0.39 is 42.0 Å². The first-order chi connectivity index (χ1) is 16.6. The number of nitrogens with zero attached hydrogens (tertiary/aromatic N) is 2. The Bertz CT molecular complexity index is 1270. The third kappa shape index (κ3) is 6.38. The van der Waals surface area contributed by atoms with E-state index in [4.69, 9.17) is 0 Å². The molecule has 9 heteroatoms. The molecule has 2 heterocycles. The van der Waals surface area contributed by atoms with Crippen LogP contribution in [0.3, 0.4) is 0 Å². The summed E-state index contributed by atoms with van der Waals surface area (Å²) in [7, 11) is 0. The lowest BCUT2D eigenvalue weighted by Crippen LogP contribution is -2.40. The van der Waals surface area contributed by atoms with E-state index in [1.807, 2.05) is 13.8 Å². The van der Waals surface area contributed by atoms with Crippen molar-refractivity contribution >= 4 is 11.9 Å². The molecule has 1 aromatic carbocycles. The Hall–Kier alpha value is -3.88. The van der Waals surface area contributed by atoms with Gasteiger partial charge in [0.05, 0.1) is 18.0 Å². The van der Waals surface area contributed by atoms with Crippen LogP contribution in [0.25, 0.3) is 11.1 Å². The summed E-state index contributed by atoms with van der Waals surface area (Å²) in [4.78, 5) is 41.5. The topological polar surface area (TPSA) is 101 Å². The molecule has 0 aliphatic carbocycles. The Morgan fingerprint density at radius 3 is 2.40 bits per heavy atom. The minimum absolute atomic E-state index is 0.0610. The maximum absolute atomic E-state index is 14.3. The third-order valence-electron chi connectivity index (χ3n) is 5.55. The van der Waals surface area contributed by atoms with Crippen LogP contribution in [0.1, 0.15) is 49.9 Å². The average molecular weight is 484 g/mol. The molecule has 3 aromatic rings. The number of aromatic nitrogens is 2. The molecule has 0 radical (unpaired) electrons. The predicted molar refractivity (Wildman–Crippen MR) is 127 cm³/mol. The summed E-state index contributed by atoms with van der Waals surface area (Å²) in [5, 5.41) is 12.2. The number of benzene rings is 1. The quantitative estimate of drug-likeness (QED) is 0.469. The summed E-state index contributed by atoms with van der Waals surface area (Å²) in [5.74, 6) is -3.26. The van der Waals surface area contributed by atoms with Gasteiger partial charge in [0, 0.05) is 30.2 Å². The van der Waals surface area contributed by atoms with E-state index in [1.54, 1.807) is 19.2 Å². The lowest BCUT2D eigenvalue weighted by atomic mass is 9.98. The van der Waals surface area contributed by atoms with Crippen LogP contribution in [0.5, 0.6) is 0 Å². The first kappa shape index (κ1) is 25.7. The Morgan fingerprint density at radius 2 is 1.80 bits per heavy atom. The number of aryl methyl sites for hydroxylation is 1. The second-order valence-corrected chi connectivity index (χ2v) is 8.86. The largest absolute Gasteiger partial charge is 0.481 e.